The lowest BCUT2D eigenvalue weighted by atomic mass is 9.97. The average Bonchev–Trinajstić information content (AvgIpc) is 2.34. The van der Waals surface area contributed by atoms with Crippen molar-refractivity contribution >= 4 is 11.6 Å². The fraction of sp³-hybridized carbons (Fsp3) is 0.533. The first-order valence-corrected chi connectivity index (χ1v) is 6.76. The highest BCUT2D eigenvalue weighted by Crippen LogP contribution is 2.21. The number of rotatable bonds is 3. The van der Waals surface area contributed by atoms with E-state index in [4.69, 9.17) is 0 Å². The van der Waals surface area contributed by atoms with Crippen molar-refractivity contribution in [2.75, 3.05) is 32.0 Å². The zero-order chi connectivity index (χ0) is 13.0. The minimum Gasteiger partial charge on any atom is -0.321 e. The summed E-state index contributed by atoms with van der Waals surface area (Å²) in [5.74, 6) is 0.937. The molecule has 3 heteroatoms. The number of carbonyl (C=O) groups is 1. The summed E-state index contributed by atoms with van der Waals surface area (Å²) in [6.45, 7) is 5.11. The van der Waals surface area contributed by atoms with Gasteiger partial charge in [0, 0.05) is 5.69 Å². The molecule has 1 aromatic carbocycles. The SMILES string of the molecule is CC1CC[N+](C)(CC(=O)Nc2ccccc2)CC1. The number of nitrogens with zero attached hydrogens (tertiary/aromatic N) is 1. The molecule has 18 heavy (non-hydrogen) atoms. The number of likely N-dealkylation sites (tertiary alicyclic amines) is 1. The zero-order valence-electron chi connectivity index (χ0n) is 11.4. The molecule has 3 nitrogen and oxygen atoms in total. The molecule has 0 atom stereocenters. The van der Waals surface area contributed by atoms with Crippen molar-refractivity contribution in [2.24, 2.45) is 5.92 Å². The molecular weight excluding hydrogens is 224 g/mol. The molecule has 1 fully saturated rings. The van der Waals surface area contributed by atoms with Crippen molar-refractivity contribution in [3.63, 3.8) is 0 Å². The normalized spacial score (nSPS) is 27.8. The summed E-state index contributed by atoms with van der Waals surface area (Å²) in [5, 5.41) is 2.97. The largest absolute Gasteiger partial charge is 0.321 e. The van der Waals surface area contributed by atoms with Crippen LogP contribution in [0.4, 0.5) is 5.69 Å². The highest BCUT2D eigenvalue weighted by Gasteiger charge is 2.30. The van der Waals surface area contributed by atoms with Crippen LogP contribution < -0.4 is 5.32 Å². The minimum atomic E-state index is 0.123. The standard InChI is InChI=1S/C15H22N2O/c1-13-8-10-17(2,11-9-13)12-15(18)16-14-6-4-3-5-7-14/h3-7,13H,8-12H2,1-2H3/p+1. The van der Waals surface area contributed by atoms with Crippen LogP contribution in [0.1, 0.15) is 19.8 Å². The second-order valence-electron chi connectivity index (χ2n) is 5.82. The van der Waals surface area contributed by atoms with Gasteiger partial charge in [-0.25, -0.2) is 0 Å². The summed E-state index contributed by atoms with van der Waals surface area (Å²) in [6, 6.07) is 9.69. The third-order valence-electron chi connectivity index (χ3n) is 3.91. The van der Waals surface area contributed by atoms with E-state index in [1.165, 1.54) is 12.8 Å². The minimum absolute atomic E-state index is 0.123. The van der Waals surface area contributed by atoms with E-state index in [9.17, 15) is 4.79 Å². The third kappa shape index (κ3) is 3.57. The van der Waals surface area contributed by atoms with E-state index >= 15 is 0 Å². The molecule has 0 aliphatic carbocycles. The zero-order valence-corrected chi connectivity index (χ0v) is 11.4. The molecule has 0 saturated carbocycles. The number of piperidine rings is 1. The van der Waals surface area contributed by atoms with Crippen LogP contribution in [0.3, 0.4) is 0 Å². The van der Waals surface area contributed by atoms with Crippen molar-refractivity contribution in [3.05, 3.63) is 30.3 Å². The topological polar surface area (TPSA) is 29.1 Å². The molecular formula is C15H23N2O+. The Morgan fingerprint density at radius 1 is 1.28 bits per heavy atom. The first-order valence-electron chi connectivity index (χ1n) is 6.76. The average molecular weight is 247 g/mol. The fourth-order valence-electron chi connectivity index (χ4n) is 2.55. The van der Waals surface area contributed by atoms with Gasteiger partial charge in [-0.1, -0.05) is 25.1 Å². The smallest absolute Gasteiger partial charge is 0.279 e. The van der Waals surface area contributed by atoms with Gasteiger partial charge in [0.2, 0.25) is 0 Å². The molecule has 98 valence electrons. The highest BCUT2D eigenvalue weighted by atomic mass is 16.2. The van der Waals surface area contributed by atoms with Crippen LogP contribution in [0.15, 0.2) is 30.3 Å². The Bertz CT molecular complexity index is 394. The Labute approximate surface area is 109 Å². The molecule has 1 aliphatic heterocycles. The lowest BCUT2D eigenvalue weighted by molar-refractivity contribution is -0.907. The van der Waals surface area contributed by atoms with Gasteiger partial charge in [0.1, 0.15) is 0 Å². The number of likely N-dealkylation sites (N-methyl/N-ethyl adjacent to an activating group) is 1. The van der Waals surface area contributed by atoms with Crippen molar-refractivity contribution in [2.45, 2.75) is 19.8 Å². The Balaban J connectivity index is 1.87. The quantitative estimate of drug-likeness (QED) is 0.817. The Morgan fingerprint density at radius 2 is 1.89 bits per heavy atom. The fourth-order valence-corrected chi connectivity index (χ4v) is 2.55. The molecule has 0 bridgehead atoms. The summed E-state index contributed by atoms with van der Waals surface area (Å²) in [6.07, 6.45) is 2.46. The number of hydrogen-bond donors (Lipinski definition) is 1. The van der Waals surface area contributed by atoms with Gasteiger partial charge in [-0.2, -0.15) is 0 Å². The maximum atomic E-state index is 12.0. The summed E-state index contributed by atoms with van der Waals surface area (Å²) in [4.78, 5) is 12.0. The lowest BCUT2D eigenvalue weighted by Crippen LogP contribution is -2.53. The molecule has 2 rings (SSSR count). The lowest BCUT2D eigenvalue weighted by Gasteiger charge is -2.39. The van der Waals surface area contributed by atoms with E-state index in [2.05, 4.69) is 19.3 Å². The maximum absolute atomic E-state index is 12.0. The van der Waals surface area contributed by atoms with Crippen LogP contribution >= 0.6 is 0 Å². The van der Waals surface area contributed by atoms with Crippen molar-refractivity contribution in [1.82, 2.24) is 0 Å². The highest BCUT2D eigenvalue weighted by molar-refractivity contribution is 5.91. The van der Waals surface area contributed by atoms with E-state index in [-0.39, 0.29) is 5.91 Å². The molecule has 1 aliphatic rings. The van der Waals surface area contributed by atoms with E-state index in [1.807, 2.05) is 30.3 Å². The molecule has 1 aromatic rings. The number of hydrogen-bond acceptors (Lipinski definition) is 1. The molecule has 1 saturated heterocycles. The number of amides is 1. The van der Waals surface area contributed by atoms with Gasteiger partial charge in [-0.15, -0.1) is 0 Å². The molecule has 1 N–H and O–H groups in total. The Kier molecular flexibility index (Phi) is 4.02. The Hall–Kier alpha value is -1.35. The number of nitrogens with one attached hydrogen (secondary N) is 1. The van der Waals surface area contributed by atoms with Crippen molar-refractivity contribution < 1.29 is 9.28 Å². The van der Waals surface area contributed by atoms with Gasteiger partial charge < -0.3 is 9.80 Å². The van der Waals surface area contributed by atoms with Gasteiger partial charge in [0.25, 0.3) is 5.91 Å². The number of anilines is 1. The van der Waals surface area contributed by atoms with Crippen LogP contribution in [0.5, 0.6) is 0 Å². The van der Waals surface area contributed by atoms with Gasteiger partial charge >= 0.3 is 0 Å². The van der Waals surface area contributed by atoms with Crippen LogP contribution in [0.2, 0.25) is 0 Å². The van der Waals surface area contributed by atoms with E-state index in [1.54, 1.807) is 0 Å². The number of benzene rings is 1. The predicted molar refractivity (Wildman–Crippen MR) is 74.3 cm³/mol. The van der Waals surface area contributed by atoms with Crippen LogP contribution in [0.25, 0.3) is 0 Å². The molecule has 0 spiro atoms. The van der Waals surface area contributed by atoms with E-state index in [0.717, 1.165) is 29.2 Å². The summed E-state index contributed by atoms with van der Waals surface area (Å²) >= 11 is 0. The third-order valence-corrected chi connectivity index (χ3v) is 3.91. The molecule has 0 unspecified atom stereocenters. The molecule has 0 aromatic heterocycles. The summed E-state index contributed by atoms with van der Waals surface area (Å²) in [5.41, 5.74) is 0.888. The Morgan fingerprint density at radius 3 is 2.50 bits per heavy atom. The van der Waals surface area contributed by atoms with Crippen molar-refractivity contribution in [1.29, 1.82) is 0 Å². The monoisotopic (exact) mass is 247 g/mol. The van der Waals surface area contributed by atoms with Crippen LogP contribution in [-0.4, -0.2) is 37.1 Å². The number of carbonyl (C=O) groups excluding carboxylic acids is 1. The van der Waals surface area contributed by atoms with Crippen LogP contribution in [-0.2, 0) is 4.79 Å². The number of para-hydroxylation sites is 1. The molecule has 1 heterocycles. The van der Waals surface area contributed by atoms with E-state index < -0.39 is 0 Å². The molecule has 1 amide bonds. The van der Waals surface area contributed by atoms with E-state index in [0.29, 0.717) is 6.54 Å². The van der Waals surface area contributed by atoms with Crippen molar-refractivity contribution in [3.8, 4) is 0 Å². The summed E-state index contributed by atoms with van der Waals surface area (Å²) < 4.78 is 0.878. The summed E-state index contributed by atoms with van der Waals surface area (Å²) in [7, 11) is 2.19. The second kappa shape index (κ2) is 5.53. The van der Waals surface area contributed by atoms with Crippen LogP contribution in [0, 0.1) is 5.92 Å². The second-order valence-corrected chi connectivity index (χ2v) is 5.82. The van der Waals surface area contributed by atoms with Gasteiger partial charge in [0.05, 0.1) is 20.1 Å². The number of quaternary nitrogens is 1. The van der Waals surface area contributed by atoms with Gasteiger partial charge in [-0.05, 0) is 30.9 Å². The van der Waals surface area contributed by atoms with Gasteiger partial charge in [-0.3, -0.25) is 4.79 Å². The first-order chi connectivity index (χ1) is 8.57. The first kappa shape index (κ1) is 13.1. The van der Waals surface area contributed by atoms with Gasteiger partial charge in [0.15, 0.2) is 6.54 Å². The molecule has 0 radical (unpaired) electrons. The maximum Gasteiger partial charge on any atom is 0.279 e. The predicted octanol–water partition coefficient (Wildman–Crippen LogP) is 2.50.